The minimum Gasteiger partial charge on any atom is -0.326 e. The van der Waals surface area contributed by atoms with Crippen LogP contribution in [-0.2, 0) is 4.79 Å². The molecule has 0 radical (unpaired) electrons. The molecule has 1 unspecified atom stereocenters. The van der Waals surface area contributed by atoms with Crippen molar-refractivity contribution in [3.8, 4) is 0 Å². The summed E-state index contributed by atoms with van der Waals surface area (Å²) in [6.07, 6.45) is 8.22. The lowest BCUT2D eigenvalue weighted by Crippen LogP contribution is -2.27. The Morgan fingerprint density at radius 2 is 1.79 bits per heavy atom. The molecular weight excluding hydrogens is 366 g/mol. The zero-order valence-corrected chi connectivity index (χ0v) is 16.3. The molecule has 0 aliphatic heterocycles. The molecule has 1 aliphatic carbocycles. The third-order valence-electron chi connectivity index (χ3n) is 4.98. The molecule has 1 aliphatic rings. The second-order valence-electron chi connectivity index (χ2n) is 6.91. The van der Waals surface area contributed by atoms with Crippen LogP contribution in [0.1, 0.15) is 69.2 Å². The van der Waals surface area contributed by atoms with Crippen LogP contribution in [0.2, 0.25) is 0 Å². The summed E-state index contributed by atoms with van der Waals surface area (Å²) in [6.45, 7) is 4.05. The molecule has 1 fully saturated rings. The number of nitrogens with one attached hydrogen (secondary N) is 1. The molecule has 0 saturated heterocycles. The summed E-state index contributed by atoms with van der Waals surface area (Å²) in [4.78, 5) is 24.1. The van der Waals surface area contributed by atoms with E-state index in [-0.39, 0.29) is 22.4 Å². The van der Waals surface area contributed by atoms with Gasteiger partial charge in [0.2, 0.25) is 5.91 Å². The van der Waals surface area contributed by atoms with Gasteiger partial charge in [-0.25, -0.2) is 0 Å². The van der Waals surface area contributed by atoms with Crippen molar-refractivity contribution in [3.05, 3.63) is 29.8 Å². The number of anilines is 1. The minimum atomic E-state index is -0.194. The van der Waals surface area contributed by atoms with Crippen LogP contribution in [0.5, 0.6) is 0 Å². The number of unbranched alkanes of at least 4 members (excludes halogenated alkanes) is 1. The molecule has 0 heterocycles. The van der Waals surface area contributed by atoms with Gasteiger partial charge >= 0.3 is 0 Å². The molecular formula is C20H28BrNO2. The average molecular weight is 394 g/mol. The fraction of sp³-hybridized carbons (Fsp3) is 0.600. The first-order valence-corrected chi connectivity index (χ1v) is 10.0. The van der Waals surface area contributed by atoms with E-state index >= 15 is 0 Å². The van der Waals surface area contributed by atoms with Crippen molar-refractivity contribution in [1.29, 1.82) is 0 Å². The standard InChI is InChI=1S/C20H28BrNO2/c1-3-4-5-15-6-8-17(9-7-15)20(24)22-18-12-10-16(11-13-18)19(23)14(2)21/h10-15,17H,3-9H2,1-2H3,(H,22,24). The molecule has 1 aromatic rings. The number of Topliss-reactive ketones (excluding diaryl/α,β-unsaturated/α-hetero) is 1. The zero-order chi connectivity index (χ0) is 17.5. The predicted molar refractivity (Wildman–Crippen MR) is 103 cm³/mol. The highest BCUT2D eigenvalue weighted by molar-refractivity contribution is 9.10. The van der Waals surface area contributed by atoms with E-state index in [2.05, 4.69) is 28.2 Å². The van der Waals surface area contributed by atoms with E-state index in [0.29, 0.717) is 5.56 Å². The van der Waals surface area contributed by atoms with Crippen LogP contribution in [0.4, 0.5) is 5.69 Å². The van der Waals surface area contributed by atoms with Gasteiger partial charge in [-0.05, 0) is 62.8 Å². The second-order valence-corrected chi connectivity index (χ2v) is 8.28. The van der Waals surface area contributed by atoms with Gasteiger partial charge in [-0.2, -0.15) is 0 Å². The van der Waals surface area contributed by atoms with E-state index in [1.54, 1.807) is 12.1 Å². The molecule has 1 amide bonds. The number of hydrogen-bond acceptors (Lipinski definition) is 2. The van der Waals surface area contributed by atoms with E-state index in [9.17, 15) is 9.59 Å². The van der Waals surface area contributed by atoms with E-state index in [1.807, 2.05) is 19.1 Å². The minimum absolute atomic E-state index is 0.0540. The summed E-state index contributed by atoms with van der Waals surface area (Å²) < 4.78 is 0. The quantitative estimate of drug-likeness (QED) is 0.484. The molecule has 1 N–H and O–H groups in total. The highest BCUT2D eigenvalue weighted by Crippen LogP contribution is 2.32. The van der Waals surface area contributed by atoms with Crippen LogP contribution in [0, 0.1) is 11.8 Å². The monoisotopic (exact) mass is 393 g/mol. The van der Waals surface area contributed by atoms with Crippen LogP contribution in [0.15, 0.2) is 24.3 Å². The lowest BCUT2D eigenvalue weighted by atomic mass is 9.79. The molecule has 1 atom stereocenters. The van der Waals surface area contributed by atoms with Crippen molar-refractivity contribution in [2.45, 2.75) is 63.6 Å². The Morgan fingerprint density at radius 1 is 1.17 bits per heavy atom. The Balaban J connectivity index is 1.83. The number of carbonyl (C=O) groups is 2. The first-order valence-electron chi connectivity index (χ1n) is 9.10. The Morgan fingerprint density at radius 3 is 2.33 bits per heavy atom. The summed E-state index contributed by atoms with van der Waals surface area (Å²) in [6, 6.07) is 7.18. The van der Waals surface area contributed by atoms with Gasteiger partial charge in [0.1, 0.15) is 0 Å². The highest BCUT2D eigenvalue weighted by atomic mass is 79.9. The predicted octanol–water partition coefficient (Wildman–Crippen LogP) is 5.59. The van der Waals surface area contributed by atoms with Crippen molar-refractivity contribution >= 4 is 33.3 Å². The molecule has 4 heteroatoms. The van der Waals surface area contributed by atoms with E-state index in [4.69, 9.17) is 0 Å². The molecule has 3 nitrogen and oxygen atoms in total. The summed E-state index contributed by atoms with van der Waals surface area (Å²) in [5.74, 6) is 1.12. The van der Waals surface area contributed by atoms with Crippen molar-refractivity contribution in [3.63, 3.8) is 0 Å². The van der Waals surface area contributed by atoms with Gasteiger partial charge in [-0.1, -0.05) is 42.1 Å². The Labute approximate surface area is 153 Å². The summed E-state index contributed by atoms with van der Waals surface area (Å²) in [5.41, 5.74) is 1.43. The third-order valence-corrected chi connectivity index (χ3v) is 5.40. The van der Waals surface area contributed by atoms with E-state index < -0.39 is 0 Å². The normalized spacial score (nSPS) is 22.0. The number of ketones is 1. The number of carbonyl (C=O) groups excluding carboxylic acids is 2. The van der Waals surface area contributed by atoms with Crippen molar-refractivity contribution in [2.75, 3.05) is 5.32 Å². The van der Waals surface area contributed by atoms with Crippen LogP contribution in [0.25, 0.3) is 0 Å². The van der Waals surface area contributed by atoms with Gasteiger partial charge in [0.15, 0.2) is 5.78 Å². The van der Waals surface area contributed by atoms with Crippen LogP contribution < -0.4 is 5.32 Å². The van der Waals surface area contributed by atoms with Gasteiger partial charge in [0.05, 0.1) is 4.83 Å². The number of hydrogen-bond donors (Lipinski definition) is 1. The summed E-state index contributed by atoms with van der Waals surface area (Å²) >= 11 is 3.29. The molecule has 1 aromatic carbocycles. The average Bonchev–Trinajstić information content (AvgIpc) is 2.60. The van der Waals surface area contributed by atoms with Crippen LogP contribution >= 0.6 is 15.9 Å². The first kappa shape index (κ1) is 19.2. The van der Waals surface area contributed by atoms with E-state index in [1.165, 1.54) is 32.1 Å². The van der Waals surface area contributed by atoms with Crippen molar-refractivity contribution in [2.24, 2.45) is 11.8 Å². The summed E-state index contributed by atoms with van der Waals surface area (Å²) in [7, 11) is 0. The number of amides is 1. The maximum atomic E-state index is 12.4. The van der Waals surface area contributed by atoms with Crippen LogP contribution in [-0.4, -0.2) is 16.5 Å². The smallest absolute Gasteiger partial charge is 0.227 e. The van der Waals surface area contributed by atoms with E-state index in [0.717, 1.165) is 24.4 Å². The Bertz CT molecular complexity index is 545. The number of halogens is 1. The number of rotatable bonds is 7. The lowest BCUT2D eigenvalue weighted by molar-refractivity contribution is -0.121. The number of alkyl halides is 1. The summed E-state index contributed by atoms with van der Waals surface area (Å²) in [5, 5.41) is 3.00. The van der Waals surface area contributed by atoms with Gasteiger partial charge in [0.25, 0.3) is 0 Å². The Hall–Kier alpha value is -1.16. The molecule has 0 bridgehead atoms. The van der Waals surface area contributed by atoms with Crippen molar-refractivity contribution < 1.29 is 9.59 Å². The van der Waals surface area contributed by atoms with Gasteiger partial charge in [-0.3, -0.25) is 9.59 Å². The maximum Gasteiger partial charge on any atom is 0.227 e. The fourth-order valence-electron chi connectivity index (χ4n) is 3.40. The molecule has 0 aromatic heterocycles. The largest absolute Gasteiger partial charge is 0.326 e. The SMILES string of the molecule is CCCCC1CCC(C(=O)Nc2ccc(C(=O)C(C)Br)cc2)CC1. The first-order chi connectivity index (χ1) is 11.5. The molecule has 1 saturated carbocycles. The third kappa shape index (κ3) is 5.44. The van der Waals surface area contributed by atoms with Crippen LogP contribution in [0.3, 0.4) is 0 Å². The molecule has 0 spiro atoms. The second kappa shape index (κ2) is 9.36. The fourth-order valence-corrected chi connectivity index (χ4v) is 3.66. The lowest BCUT2D eigenvalue weighted by Gasteiger charge is -2.27. The molecule has 132 valence electrons. The number of benzene rings is 1. The highest BCUT2D eigenvalue weighted by Gasteiger charge is 2.26. The van der Waals surface area contributed by atoms with Crippen molar-refractivity contribution in [1.82, 2.24) is 0 Å². The molecule has 2 rings (SSSR count). The molecule has 24 heavy (non-hydrogen) atoms. The van der Waals surface area contributed by atoms with Gasteiger partial charge in [-0.15, -0.1) is 0 Å². The van der Waals surface area contributed by atoms with Gasteiger partial charge in [0, 0.05) is 17.2 Å². The maximum absolute atomic E-state index is 12.4. The Kier molecular flexibility index (Phi) is 7.47. The van der Waals surface area contributed by atoms with Gasteiger partial charge < -0.3 is 5.32 Å². The zero-order valence-electron chi connectivity index (χ0n) is 14.7. The topological polar surface area (TPSA) is 46.2 Å².